The number of hydrogen-bond donors (Lipinski definition) is 0. The highest BCUT2D eigenvalue weighted by atomic mass is 32.1. The van der Waals surface area contributed by atoms with Crippen molar-refractivity contribution in [3.05, 3.63) is 115 Å². The molecule has 10 heteroatoms. The predicted molar refractivity (Wildman–Crippen MR) is 163 cm³/mol. The fourth-order valence-electron chi connectivity index (χ4n) is 3.91. The van der Waals surface area contributed by atoms with E-state index in [1.54, 1.807) is 45.3 Å². The number of benzene rings is 2. The van der Waals surface area contributed by atoms with E-state index in [0.717, 1.165) is 62.6 Å². The van der Waals surface area contributed by atoms with Gasteiger partial charge in [0.05, 0.1) is 20.9 Å². The first-order chi connectivity index (χ1) is 20.0. The van der Waals surface area contributed by atoms with Crippen LogP contribution in [-0.4, -0.2) is 0 Å². The third kappa shape index (κ3) is 6.48. The molecule has 0 saturated heterocycles. The Morgan fingerprint density at radius 1 is 0.452 bits per heavy atom. The monoisotopic (exact) mass is 640 g/mol. The molecule has 0 atom stereocenters. The smallest absolute Gasteiger partial charge is 0.166 e. The lowest BCUT2D eigenvalue weighted by atomic mass is 10.1. The van der Waals surface area contributed by atoms with Crippen LogP contribution in [0.1, 0.15) is 41.8 Å². The number of thiophene rings is 4. The van der Waals surface area contributed by atoms with Crippen LogP contribution in [0.5, 0.6) is 0 Å². The second-order valence-electron chi connectivity index (χ2n) is 8.96. The van der Waals surface area contributed by atoms with Gasteiger partial charge in [0, 0.05) is 39.7 Å². The van der Waals surface area contributed by atoms with Crippen LogP contribution < -0.4 is 0 Å². The molecule has 6 aromatic rings. The summed E-state index contributed by atoms with van der Waals surface area (Å²) in [6.07, 6.45) is -4.60. The van der Waals surface area contributed by atoms with Crippen molar-refractivity contribution in [2.45, 2.75) is 12.4 Å². The summed E-state index contributed by atoms with van der Waals surface area (Å²) in [4.78, 5) is 3.89. The number of fused-ring (bicyclic) bond motifs is 2. The first-order valence-electron chi connectivity index (χ1n) is 12.1. The molecular weight excluding hydrogens is 627 g/mol. The molecule has 4 heterocycles. The number of alkyl halides is 6. The Morgan fingerprint density at radius 2 is 0.810 bits per heavy atom. The summed E-state index contributed by atoms with van der Waals surface area (Å²) in [5.74, 6) is 11.9. The van der Waals surface area contributed by atoms with Crippen LogP contribution in [0.15, 0.2) is 72.8 Å². The van der Waals surface area contributed by atoms with Crippen molar-refractivity contribution in [3.63, 3.8) is 0 Å². The summed E-state index contributed by atoms with van der Waals surface area (Å²) < 4.78 is 80.8. The summed E-state index contributed by atoms with van der Waals surface area (Å²) in [5, 5.41) is 0. The minimum Gasteiger partial charge on any atom is -0.166 e. The minimum atomic E-state index is -4.36. The van der Waals surface area contributed by atoms with Gasteiger partial charge in [-0.05, 0) is 84.9 Å². The number of hydrogen-bond acceptors (Lipinski definition) is 4. The lowest BCUT2D eigenvalue weighted by Gasteiger charge is -2.05. The zero-order chi connectivity index (χ0) is 29.5. The zero-order valence-corrected chi connectivity index (χ0v) is 24.2. The Labute approximate surface area is 252 Å². The van der Waals surface area contributed by atoms with Gasteiger partial charge in [-0.3, -0.25) is 0 Å². The normalized spacial score (nSPS) is 12.0. The quantitative estimate of drug-likeness (QED) is 0.131. The Kier molecular flexibility index (Phi) is 7.50. The lowest BCUT2D eigenvalue weighted by Crippen LogP contribution is -2.04. The number of rotatable bonds is 2. The SMILES string of the molecule is FC(F)(F)c1ccc(C#Cc2cc3sc(C=Cc4cc5sc(C#Cc6ccc(C(F)(F)F)cc6)cc5s4)cc3s2)cc1. The van der Waals surface area contributed by atoms with Crippen molar-refractivity contribution in [1.29, 1.82) is 0 Å². The average molecular weight is 641 g/mol. The van der Waals surface area contributed by atoms with Crippen molar-refractivity contribution in [3.8, 4) is 23.7 Å². The molecule has 6 rings (SSSR count). The fraction of sp³-hybridized carbons (Fsp3) is 0.0625. The molecule has 0 amide bonds. The van der Waals surface area contributed by atoms with Crippen LogP contribution in [0.25, 0.3) is 31.0 Å². The van der Waals surface area contributed by atoms with Gasteiger partial charge in [-0.2, -0.15) is 26.3 Å². The average Bonchev–Trinajstić information content (AvgIpc) is 3.68. The van der Waals surface area contributed by atoms with Crippen LogP contribution in [0.4, 0.5) is 26.3 Å². The summed E-state index contributed by atoms with van der Waals surface area (Å²) in [6.45, 7) is 0. The Balaban J connectivity index is 1.11. The first kappa shape index (κ1) is 28.3. The Bertz CT molecular complexity index is 1840. The van der Waals surface area contributed by atoms with Crippen molar-refractivity contribution in [2.24, 2.45) is 0 Å². The largest absolute Gasteiger partial charge is 0.416 e. The molecule has 2 aromatic carbocycles. The summed E-state index contributed by atoms with van der Waals surface area (Å²) in [6, 6.07) is 17.8. The third-order valence-corrected chi connectivity index (χ3v) is 10.3. The molecule has 4 aromatic heterocycles. The molecule has 0 N–H and O–H groups in total. The van der Waals surface area contributed by atoms with E-state index in [0.29, 0.717) is 11.1 Å². The topological polar surface area (TPSA) is 0 Å². The summed E-state index contributed by atoms with van der Waals surface area (Å²) in [5.41, 5.74) is -0.335. The Morgan fingerprint density at radius 3 is 1.14 bits per heavy atom. The lowest BCUT2D eigenvalue weighted by molar-refractivity contribution is -0.138. The molecule has 0 aliphatic heterocycles. The molecule has 0 unspecified atom stereocenters. The van der Waals surface area contributed by atoms with E-state index in [1.807, 2.05) is 12.1 Å². The van der Waals surface area contributed by atoms with Crippen LogP contribution >= 0.6 is 45.3 Å². The highest BCUT2D eigenvalue weighted by Gasteiger charge is 2.30. The van der Waals surface area contributed by atoms with Gasteiger partial charge in [0.1, 0.15) is 0 Å². The van der Waals surface area contributed by atoms with Crippen molar-refractivity contribution >= 4 is 76.3 Å². The first-order valence-corrected chi connectivity index (χ1v) is 15.4. The summed E-state index contributed by atoms with van der Waals surface area (Å²) >= 11 is 6.36. The molecular formula is C32H14F6S4. The fourth-order valence-corrected chi connectivity index (χ4v) is 8.24. The van der Waals surface area contributed by atoms with Crippen LogP contribution in [0, 0.1) is 23.7 Å². The molecule has 0 fully saturated rings. The van der Waals surface area contributed by atoms with E-state index in [9.17, 15) is 26.3 Å². The molecule has 0 aliphatic rings. The van der Waals surface area contributed by atoms with Crippen molar-refractivity contribution in [1.82, 2.24) is 0 Å². The van der Waals surface area contributed by atoms with Crippen LogP contribution in [0.3, 0.4) is 0 Å². The maximum absolute atomic E-state index is 12.7. The van der Waals surface area contributed by atoms with Gasteiger partial charge in [0.25, 0.3) is 0 Å². The van der Waals surface area contributed by atoms with E-state index in [2.05, 4.69) is 48.0 Å². The molecule has 208 valence electrons. The second kappa shape index (κ2) is 11.1. The van der Waals surface area contributed by atoms with E-state index in [-0.39, 0.29) is 0 Å². The standard InChI is InChI=1S/C32H14F6S4/c33-31(34,35)21-7-1-19(2-8-21)5-11-23-15-27-29(39-23)17-25(41-27)13-14-26-18-30-28(42-26)16-24(40-30)12-6-20-3-9-22(10-4-20)32(36,37)38/h1-4,7-10,13-18H. The van der Waals surface area contributed by atoms with Crippen molar-refractivity contribution in [2.75, 3.05) is 0 Å². The maximum atomic E-state index is 12.7. The molecule has 0 bridgehead atoms. The Hall–Kier alpha value is -3.80. The van der Waals surface area contributed by atoms with E-state index < -0.39 is 23.5 Å². The highest BCUT2D eigenvalue weighted by molar-refractivity contribution is 7.29. The number of halogens is 6. The minimum absolute atomic E-state index is 0.526. The van der Waals surface area contributed by atoms with Gasteiger partial charge in [-0.1, -0.05) is 23.7 Å². The van der Waals surface area contributed by atoms with Gasteiger partial charge in [-0.15, -0.1) is 45.3 Å². The van der Waals surface area contributed by atoms with Gasteiger partial charge < -0.3 is 0 Å². The third-order valence-electron chi connectivity index (χ3n) is 5.95. The van der Waals surface area contributed by atoms with Gasteiger partial charge in [0.2, 0.25) is 0 Å². The second-order valence-corrected chi connectivity index (χ2v) is 13.4. The van der Waals surface area contributed by atoms with E-state index >= 15 is 0 Å². The molecule has 0 saturated carbocycles. The van der Waals surface area contributed by atoms with Gasteiger partial charge in [-0.25, -0.2) is 0 Å². The molecule has 42 heavy (non-hydrogen) atoms. The highest BCUT2D eigenvalue weighted by Crippen LogP contribution is 2.37. The molecule has 0 nitrogen and oxygen atoms in total. The maximum Gasteiger partial charge on any atom is 0.416 e. The zero-order valence-electron chi connectivity index (χ0n) is 21.0. The van der Waals surface area contributed by atoms with Crippen LogP contribution in [-0.2, 0) is 12.4 Å². The van der Waals surface area contributed by atoms with E-state index in [4.69, 9.17) is 0 Å². The predicted octanol–water partition coefficient (Wildman–Crippen LogP) is 11.2. The van der Waals surface area contributed by atoms with E-state index in [1.165, 1.54) is 24.3 Å². The molecule has 0 radical (unpaired) electrons. The van der Waals surface area contributed by atoms with Gasteiger partial charge >= 0.3 is 12.4 Å². The molecule has 0 spiro atoms. The van der Waals surface area contributed by atoms with Crippen molar-refractivity contribution < 1.29 is 26.3 Å². The summed E-state index contributed by atoms with van der Waals surface area (Å²) in [7, 11) is 0. The van der Waals surface area contributed by atoms with Crippen LogP contribution in [0.2, 0.25) is 0 Å². The molecule has 0 aliphatic carbocycles. The van der Waals surface area contributed by atoms with Gasteiger partial charge in [0.15, 0.2) is 0 Å².